The number of amides is 1. The number of halogens is 1. The minimum absolute atomic E-state index is 0.0502. The summed E-state index contributed by atoms with van der Waals surface area (Å²) in [4.78, 5) is 12.3. The Kier molecular flexibility index (Phi) is 6.18. The highest BCUT2D eigenvalue weighted by Crippen LogP contribution is 2.32. The molecule has 158 valence electrons. The minimum Gasteiger partial charge on any atom is -0.493 e. The summed E-state index contributed by atoms with van der Waals surface area (Å²) < 4.78 is 43.2. The molecule has 3 aromatic rings. The fourth-order valence-corrected chi connectivity index (χ4v) is 3.89. The van der Waals surface area contributed by atoms with Gasteiger partial charge in [-0.15, -0.1) is 0 Å². The van der Waals surface area contributed by atoms with Gasteiger partial charge < -0.3 is 19.3 Å². The highest BCUT2D eigenvalue weighted by atomic mass is 35.5. The molecule has 0 bridgehead atoms. The number of methoxy groups -OCH3 is 2. The third-order valence-electron chi connectivity index (χ3n) is 4.13. The van der Waals surface area contributed by atoms with Gasteiger partial charge in [-0.05, 0) is 37.3 Å². The molecular weight excluding hydrogens is 434 g/mol. The third-order valence-corrected chi connectivity index (χ3v) is 5.82. The number of rotatable bonds is 7. The quantitative estimate of drug-likeness (QED) is 0.561. The highest BCUT2D eigenvalue weighted by Gasteiger charge is 2.19. The topological polar surface area (TPSA) is 120 Å². The van der Waals surface area contributed by atoms with E-state index < -0.39 is 15.9 Å². The SMILES string of the molecule is COc1ccc(S(=O)(=O)Nc2cc(NC(=O)c3cnoc3C)ccc2Cl)cc1OC. The van der Waals surface area contributed by atoms with Gasteiger partial charge in [0.1, 0.15) is 11.3 Å². The van der Waals surface area contributed by atoms with E-state index in [1.165, 1.54) is 56.8 Å². The van der Waals surface area contributed by atoms with Crippen molar-refractivity contribution in [1.29, 1.82) is 0 Å². The zero-order valence-electron chi connectivity index (χ0n) is 16.2. The number of ether oxygens (including phenoxy) is 2. The zero-order valence-corrected chi connectivity index (χ0v) is 17.8. The van der Waals surface area contributed by atoms with Crippen LogP contribution in [0.4, 0.5) is 11.4 Å². The van der Waals surface area contributed by atoms with Crippen LogP contribution >= 0.6 is 11.6 Å². The molecule has 0 aliphatic heterocycles. The average molecular weight is 452 g/mol. The van der Waals surface area contributed by atoms with Gasteiger partial charge in [0.15, 0.2) is 11.5 Å². The summed E-state index contributed by atoms with van der Waals surface area (Å²) in [6.07, 6.45) is 1.29. The molecule has 0 fully saturated rings. The molecule has 0 saturated carbocycles. The molecule has 3 rings (SSSR count). The van der Waals surface area contributed by atoms with Crippen LogP contribution in [-0.4, -0.2) is 33.7 Å². The van der Waals surface area contributed by atoms with Crippen LogP contribution in [0, 0.1) is 6.92 Å². The summed E-state index contributed by atoms with van der Waals surface area (Å²) in [7, 11) is -1.14. The van der Waals surface area contributed by atoms with Crippen molar-refractivity contribution < 1.29 is 27.2 Å². The van der Waals surface area contributed by atoms with Crippen molar-refractivity contribution in [2.75, 3.05) is 24.3 Å². The van der Waals surface area contributed by atoms with Crippen LogP contribution in [0.5, 0.6) is 11.5 Å². The Morgan fingerprint density at radius 2 is 1.83 bits per heavy atom. The van der Waals surface area contributed by atoms with Crippen molar-refractivity contribution in [3.05, 3.63) is 58.9 Å². The van der Waals surface area contributed by atoms with Crippen molar-refractivity contribution in [2.24, 2.45) is 0 Å². The second kappa shape index (κ2) is 8.64. The average Bonchev–Trinajstić information content (AvgIpc) is 3.15. The predicted molar refractivity (Wildman–Crippen MR) is 111 cm³/mol. The van der Waals surface area contributed by atoms with Gasteiger partial charge in [-0.2, -0.15) is 0 Å². The predicted octanol–water partition coefficient (Wildman–Crippen LogP) is 3.71. The summed E-state index contributed by atoms with van der Waals surface area (Å²) >= 11 is 6.15. The van der Waals surface area contributed by atoms with E-state index in [4.69, 9.17) is 25.6 Å². The van der Waals surface area contributed by atoms with Gasteiger partial charge >= 0.3 is 0 Å². The van der Waals surface area contributed by atoms with Gasteiger partial charge in [-0.1, -0.05) is 16.8 Å². The van der Waals surface area contributed by atoms with Gasteiger partial charge in [0.05, 0.1) is 36.0 Å². The summed E-state index contributed by atoms with van der Waals surface area (Å²) in [6, 6.07) is 8.59. The van der Waals surface area contributed by atoms with Crippen LogP contribution in [0.2, 0.25) is 5.02 Å². The lowest BCUT2D eigenvalue weighted by molar-refractivity contribution is 0.102. The van der Waals surface area contributed by atoms with E-state index in [2.05, 4.69) is 15.2 Å². The molecule has 1 aromatic heterocycles. The molecule has 1 heterocycles. The van der Waals surface area contributed by atoms with E-state index >= 15 is 0 Å². The molecule has 0 aliphatic rings. The Morgan fingerprint density at radius 1 is 1.10 bits per heavy atom. The largest absolute Gasteiger partial charge is 0.493 e. The molecule has 0 aliphatic carbocycles. The first-order valence-corrected chi connectivity index (χ1v) is 10.4. The van der Waals surface area contributed by atoms with E-state index in [0.29, 0.717) is 17.2 Å². The molecule has 9 nitrogen and oxygen atoms in total. The van der Waals surface area contributed by atoms with E-state index in [-0.39, 0.29) is 26.9 Å². The molecule has 2 N–H and O–H groups in total. The number of benzene rings is 2. The number of hydrogen-bond acceptors (Lipinski definition) is 7. The lowest BCUT2D eigenvalue weighted by Gasteiger charge is -2.13. The van der Waals surface area contributed by atoms with Crippen molar-refractivity contribution in [1.82, 2.24) is 5.16 Å². The van der Waals surface area contributed by atoms with Gasteiger partial charge in [0.25, 0.3) is 15.9 Å². The summed E-state index contributed by atoms with van der Waals surface area (Å²) in [6.45, 7) is 1.60. The van der Waals surface area contributed by atoms with E-state index in [1.807, 2.05) is 0 Å². The molecule has 0 spiro atoms. The molecule has 30 heavy (non-hydrogen) atoms. The standard InChI is InChI=1S/C19H18ClN3O6S/c1-11-14(10-21-29-11)19(24)22-12-4-6-15(20)16(8-12)23-30(25,26)13-5-7-17(27-2)18(9-13)28-3/h4-10,23H,1-3H3,(H,22,24). The summed E-state index contributed by atoms with van der Waals surface area (Å²) in [5.41, 5.74) is 0.679. The molecule has 0 saturated heterocycles. The number of aryl methyl sites for hydroxylation is 1. The number of sulfonamides is 1. The van der Waals surface area contributed by atoms with Gasteiger partial charge in [0, 0.05) is 11.8 Å². The fraction of sp³-hybridized carbons (Fsp3) is 0.158. The monoisotopic (exact) mass is 451 g/mol. The molecule has 1 amide bonds. The molecule has 0 atom stereocenters. The maximum absolute atomic E-state index is 12.8. The van der Waals surface area contributed by atoms with Gasteiger partial charge in [0.2, 0.25) is 0 Å². The number of aromatic nitrogens is 1. The Morgan fingerprint density at radius 3 is 2.47 bits per heavy atom. The maximum Gasteiger partial charge on any atom is 0.262 e. The van der Waals surface area contributed by atoms with E-state index in [9.17, 15) is 13.2 Å². The van der Waals surface area contributed by atoms with E-state index in [0.717, 1.165) is 0 Å². The van der Waals surface area contributed by atoms with Crippen LogP contribution in [-0.2, 0) is 10.0 Å². The zero-order chi connectivity index (χ0) is 21.9. The number of hydrogen-bond donors (Lipinski definition) is 2. The van der Waals surface area contributed by atoms with Crippen molar-refractivity contribution in [3.8, 4) is 11.5 Å². The smallest absolute Gasteiger partial charge is 0.262 e. The Hall–Kier alpha value is -3.24. The van der Waals surface area contributed by atoms with Crippen LogP contribution < -0.4 is 19.5 Å². The van der Waals surface area contributed by atoms with Crippen molar-refractivity contribution in [2.45, 2.75) is 11.8 Å². The van der Waals surface area contributed by atoms with Crippen LogP contribution in [0.25, 0.3) is 0 Å². The lowest BCUT2D eigenvalue weighted by Crippen LogP contribution is -2.15. The summed E-state index contributed by atoms with van der Waals surface area (Å²) in [5.74, 6) is 0.556. The number of carbonyl (C=O) groups is 1. The number of nitrogens with one attached hydrogen (secondary N) is 2. The molecular formula is C19H18ClN3O6S. The third kappa shape index (κ3) is 4.50. The Bertz CT molecular complexity index is 1190. The Labute approximate surface area is 178 Å². The first kappa shape index (κ1) is 21.5. The molecule has 2 aromatic carbocycles. The number of carbonyl (C=O) groups excluding carboxylic acids is 1. The van der Waals surface area contributed by atoms with Crippen molar-refractivity contribution >= 4 is 38.9 Å². The molecule has 0 radical (unpaired) electrons. The van der Waals surface area contributed by atoms with Gasteiger partial charge in [-0.3, -0.25) is 9.52 Å². The minimum atomic E-state index is -4.00. The van der Waals surface area contributed by atoms with Crippen LogP contribution in [0.15, 0.2) is 52.0 Å². The highest BCUT2D eigenvalue weighted by molar-refractivity contribution is 7.92. The Balaban J connectivity index is 1.86. The van der Waals surface area contributed by atoms with Crippen molar-refractivity contribution in [3.63, 3.8) is 0 Å². The van der Waals surface area contributed by atoms with E-state index in [1.54, 1.807) is 6.92 Å². The van der Waals surface area contributed by atoms with Gasteiger partial charge in [-0.25, -0.2) is 8.42 Å². The maximum atomic E-state index is 12.8. The lowest BCUT2D eigenvalue weighted by atomic mass is 10.2. The first-order chi connectivity index (χ1) is 14.2. The van der Waals surface area contributed by atoms with Crippen LogP contribution in [0.1, 0.15) is 16.1 Å². The molecule has 0 unspecified atom stereocenters. The summed E-state index contributed by atoms with van der Waals surface area (Å²) in [5, 5.41) is 6.35. The second-order valence-corrected chi connectivity index (χ2v) is 8.16. The number of anilines is 2. The molecule has 11 heteroatoms. The van der Waals surface area contributed by atoms with Crippen LogP contribution in [0.3, 0.4) is 0 Å². The normalized spacial score (nSPS) is 11.1. The fourth-order valence-electron chi connectivity index (χ4n) is 2.58. The number of nitrogens with zero attached hydrogens (tertiary/aromatic N) is 1. The first-order valence-electron chi connectivity index (χ1n) is 8.52. The second-order valence-electron chi connectivity index (χ2n) is 6.07.